The van der Waals surface area contributed by atoms with E-state index in [-0.39, 0.29) is 0 Å². The summed E-state index contributed by atoms with van der Waals surface area (Å²) in [6.07, 6.45) is 3.77. The second kappa shape index (κ2) is 8.39. The number of aryl methyl sites for hydroxylation is 2. The summed E-state index contributed by atoms with van der Waals surface area (Å²) in [5.74, 6) is 2.29. The van der Waals surface area contributed by atoms with Crippen molar-refractivity contribution in [1.82, 2.24) is 30.0 Å². The van der Waals surface area contributed by atoms with Gasteiger partial charge >= 0.3 is 0 Å². The Morgan fingerprint density at radius 2 is 2.19 bits per heavy atom. The third-order valence-electron chi connectivity index (χ3n) is 6.11. The van der Waals surface area contributed by atoms with E-state index in [4.69, 9.17) is 19.8 Å². The number of nitrogens with zero attached hydrogens (tertiary/aromatic N) is 6. The lowest BCUT2D eigenvalue weighted by molar-refractivity contribution is 0.137. The minimum absolute atomic E-state index is 0.450. The Bertz CT molecular complexity index is 1080. The number of piperazine rings is 1. The average Bonchev–Trinajstić information content (AvgIpc) is 3.48. The fraction of sp³-hybridized carbons (Fsp3) is 0.545. The van der Waals surface area contributed by atoms with E-state index < -0.39 is 0 Å². The Hall–Kier alpha value is -2.78. The first-order chi connectivity index (χ1) is 15.2. The van der Waals surface area contributed by atoms with Crippen LogP contribution in [0.5, 0.6) is 0 Å². The van der Waals surface area contributed by atoms with Crippen LogP contribution in [0.3, 0.4) is 0 Å². The highest BCUT2D eigenvalue weighted by atomic mass is 16.5. The van der Waals surface area contributed by atoms with Crippen molar-refractivity contribution in [2.24, 2.45) is 0 Å². The maximum absolute atomic E-state index is 5.59. The molecule has 164 valence electrons. The largest absolute Gasteiger partial charge is 0.380 e. The second-order valence-electron chi connectivity index (χ2n) is 8.28. The Morgan fingerprint density at radius 1 is 1.29 bits per heavy atom. The standard InChI is InChI=1S/C22H30N8O/c1-4-17-19-20(30(28-17)8-9-31-5-2)21(25-18-10-14(3)6-7-23-18)27-22(26-19)29-13-15-11-16(29)12-24-15/h6-7,10,15-16,24H,4-5,8-9,11-13H2,1-3H3,(H,23,25,26,27). The molecule has 9 heteroatoms. The first-order valence-corrected chi connectivity index (χ1v) is 11.2. The lowest BCUT2D eigenvalue weighted by atomic mass is 10.2. The Morgan fingerprint density at radius 3 is 2.90 bits per heavy atom. The Balaban J connectivity index is 1.61. The molecule has 0 spiro atoms. The Kier molecular flexibility index (Phi) is 5.45. The van der Waals surface area contributed by atoms with E-state index in [9.17, 15) is 0 Å². The van der Waals surface area contributed by atoms with Crippen molar-refractivity contribution in [3.63, 3.8) is 0 Å². The fourth-order valence-electron chi connectivity index (χ4n) is 4.57. The van der Waals surface area contributed by atoms with Gasteiger partial charge in [-0.05, 0) is 44.4 Å². The second-order valence-corrected chi connectivity index (χ2v) is 8.28. The molecule has 5 heterocycles. The van der Waals surface area contributed by atoms with Crippen LogP contribution in [-0.2, 0) is 17.7 Å². The van der Waals surface area contributed by atoms with Crippen LogP contribution in [0.15, 0.2) is 18.3 Å². The van der Waals surface area contributed by atoms with Crippen molar-refractivity contribution in [2.75, 3.05) is 36.5 Å². The molecule has 0 radical (unpaired) electrons. The van der Waals surface area contributed by atoms with Gasteiger partial charge in [-0.25, -0.2) is 9.97 Å². The summed E-state index contributed by atoms with van der Waals surface area (Å²) >= 11 is 0. The monoisotopic (exact) mass is 422 g/mol. The van der Waals surface area contributed by atoms with E-state index in [2.05, 4.69) is 34.4 Å². The molecule has 3 aromatic heterocycles. The van der Waals surface area contributed by atoms with Gasteiger partial charge in [-0.3, -0.25) is 4.68 Å². The number of anilines is 3. The summed E-state index contributed by atoms with van der Waals surface area (Å²) in [6.45, 7) is 10.0. The molecular weight excluding hydrogens is 392 g/mol. The van der Waals surface area contributed by atoms with Gasteiger partial charge in [-0.15, -0.1) is 0 Å². The molecule has 0 saturated carbocycles. The third-order valence-corrected chi connectivity index (χ3v) is 6.11. The van der Waals surface area contributed by atoms with Crippen molar-refractivity contribution in [3.05, 3.63) is 29.6 Å². The molecular formula is C22H30N8O. The van der Waals surface area contributed by atoms with E-state index in [1.807, 2.05) is 29.9 Å². The zero-order valence-corrected chi connectivity index (χ0v) is 18.4. The zero-order chi connectivity index (χ0) is 21.4. The van der Waals surface area contributed by atoms with E-state index >= 15 is 0 Å². The number of aromatic nitrogens is 5. The highest BCUT2D eigenvalue weighted by Crippen LogP contribution is 2.32. The summed E-state index contributed by atoms with van der Waals surface area (Å²) in [6, 6.07) is 4.99. The first kappa shape index (κ1) is 20.1. The molecule has 2 N–H and O–H groups in total. The molecule has 3 aromatic rings. The van der Waals surface area contributed by atoms with Crippen molar-refractivity contribution in [1.29, 1.82) is 0 Å². The van der Waals surface area contributed by atoms with Crippen LogP contribution >= 0.6 is 0 Å². The fourth-order valence-corrected chi connectivity index (χ4v) is 4.57. The predicted octanol–water partition coefficient (Wildman–Crippen LogP) is 2.42. The first-order valence-electron chi connectivity index (χ1n) is 11.2. The van der Waals surface area contributed by atoms with Crippen LogP contribution in [0.4, 0.5) is 17.6 Å². The van der Waals surface area contributed by atoms with Gasteiger partial charge in [0.05, 0.1) is 18.8 Å². The summed E-state index contributed by atoms with van der Waals surface area (Å²) in [4.78, 5) is 16.8. The molecule has 2 bridgehead atoms. The minimum Gasteiger partial charge on any atom is -0.380 e. The third kappa shape index (κ3) is 3.83. The van der Waals surface area contributed by atoms with E-state index in [1.54, 1.807) is 0 Å². The van der Waals surface area contributed by atoms with Crippen LogP contribution in [0.2, 0.25) is 0 Å². The summed E-state index contributed by atoms with van der Waals surface area (Å²) in [7, 11) is 0. The number of nitrogens with one attached hydrogen (secondary N) is 2. The maximum Gasteiger partial charge on any atom is 0.228 e. The molecule has 2 unspecified atom stereocenters. The van der Waals surface area contributed by atoms with Gasteiger partial charge in [0.25, 0.3) is 0 Å². The Labute approximate surface area is 182 Å². The normalized spacial score (nSPS) is 20.2. The van der Waals surface area contributed by atoms with Crippen LogP contribution in [0, 0.1) is 6.92 Å². The molecule has 2 fully saturated rings. The summed E-state index contributed by atoms with van der Waals surface area (Å²) in [5.41, 5.74) is 3.95. The lowest BCUT2D eigenvalue weighted by Gasteiger charge is -2.27. The lowest BCUT2D eigenvalue weighted by Crippen LogP contribution is -2.44. The van der Waals surface area contributed by atoms with Crippen molar-refractivity contribution in [3.8, 4) is 0 Å². The number of hydrogen-bond acceptors (Lipinski definition) is 8. The predicted molar refractivity (Wildman–Crippen MR) is 121 cm³/mol. The molecule has 0 aromatic carbocycles. The SMILES string of the molecule is CCOCCn1nc(CC)c2nc(N3CC4CC3CN4)nc(Nc3cc(C)ccn3)c21. The van der Waals surface area contributed by atoms with Crippen LogP contribution in [-0.4, -0.2) is 63.1 Å². The minimum atomic E-state index is 0.450. The summed E-state index contributed by atoms with van der Waals surface area (Å²) < 4.78 is 7.57. The van der Waals surface area contributed by atoms with Crippen molar-refractivity contribution >= 4 is 28.6 Å². The highest BCUT2D eigenvalue weighted by Gasteiger charge is 2.39. The van der Waals surface area contributed by atoms with Gasteiger partial charge in [-0.2, -0.15) is 10.1 Å². The molecule has 9 nitrogen and oxygen atoms in total. The van der Waals surface area contributed by atoms with Gasteiger partial charge in [0.2, 0.25) is 5.95 Å². The molecule has 0 aliphatic carbocycles. The number of ether oxygens (including phenoxy) is 1. The van der Waals surface area contributed by atoms with E-state index in [0.29, 0.717) is 31.8 Å². The van der Waals surface area contributed by atoms with Crippen LogP contribution < -0.4 is 15.5 Å². The van der Waals surface area contributed by atoms with Crippen molar-refractivity contribution < 1.29 is 4.74 Å². The molecule has 2 saturated heterocycles. The number of fused-ring (bicyclic) bond motifs is 3. The van der Waals surface area contributed by atoms with E-state index in [1.165, 1.54) is 0 Å². The van der Waals surface area contributed by atoms with Gasteiger partial charge in [0.1, 0.15) is 16.9 Å². The van der Waals surface area contributed by atoms with Gasteiger partial charge in [0, 0.05) is 38.0 Å². The van der Waals surface area contributed by atoms with Crippen molar-refractivity contribution in [2.45, 2.75) is 52.2 Å². The molecule has 5 rings (SSSR count). The van der Waals surface area contributed by atoms with Gasteiger partial charge in [0.15, 0.2) is 5.82 Å². The van der Waals surface area contributed by atoms with Crippen LogP contribution in [0.25, 0.3) is 11.0 Å². The summed E-state index contributed by atoms with van der Waals surface area (Å²) in [5, 5.41) is 11.9. The van der Waals surface area contributed by atoms with E-state index in [0.717, 1.165) is 65.8 Å². The quantitative estimate of drug-likeness (QED) is 0.535. The van der Waals surface area contributed by atoms with Gasteiger partial charge < -0.3 is 20.3 Å². The molecule has 2 aliphatic rings. The molecule has 0 amide bonds. The number of rotatable bonds is 8. The molecule has 2 atom stereocenters. The number of hydrogen-bond donors (Lipinski definition) is 2. The molecule has 31 heavy (non-hydrogen) atoms. The zero-order valence-electron chi connectivity index (χ0n) is 18.4. The smallest absolute Gasteiger partial charge is 0.228 e. The van der Waals surface area contributed by atoms with Gasteiger partial charge in [-0.1, -0.05) is 6.92 Å². The number of pyridine rings is 1. The maximum atomic E-state index is 5.59. The highest BCUT2D eigenvalue weighted by molar-refractivity contribution is 5.90. The van der Waals surface area contributed by atoms with Crippen LogP contribution in [0.1, 0.15) is 31.5 Å². The average molecular weight is 423 g/mol. The topological polar surface area (TPSA) is 93.0 Å². The molecule has 2 aliphatic heterocycles.